The standard InChI is InChI=1S/C20H21N3O/c1-13-8-9-16(10-14(13)2)23-12-15(11-19(23)24)20-21-17-6-4-5-7-18(17)22(20)3/h4-10,15H,11-12H2,1-3H3/t15-/m1/s1. The summed E-state index contributed by atoms with van der Waals surface area (Å²) in [7, 11) is 2.04. The first kappa shape index (κ1) is 14.9. The van der Waals surface area contributed by atoms with Gasteiger partial charge in [-0.1, -0.05) is 18.2 Å². The quantitative estimate of drug-likeness (QED) is 0.722. The molecule has 0 radical (unpaired) electrons. The molecule has 4 nitrogen and oxygen atoms in total. The minimum absolute atomic E-state index is 0.136. The zero-order valence-corrected chi connectivity index (χ0v) is 14.3. The monoisotopic (exact) mass is 319 g/mol. The molecule has 1 saturated heterocycles. The van der Waals surface area contributed by atoms with Gasteiger partial charge >= 0.3 is 0 Å². The van der Waals surface area contributed by atoms with Gasteiger partial charge < -0.3 is 9.47 Å². The van der Waals surface area contributed by atoms with E-state index in [2.05, 4.69) is 36.6 Å². The smallest absolute Gasteiger partial charge is 0.227 e. The number of carbonyl (C=O) groups excluding carboxylic acids is 1. The molecule has 1 amide bonds. The number of rotatable bonds is 2. The molecular weight excluding hydrogens is 298 g/mol. The Labute approximate surface area is 141 Å². The van der Waals surface area contributed by atoms with Gasteiger partial charge in [-0.3, -0.25) is 4.79 Å². The lowest BCUT2D eigenvalue weighted by Gasteiger charge is -2.18. The van der Waals surface area contributed by atoms with E-state index < -0.39 is 0 Å². The summed E-state index contributed by atoms with van der Waals surface area (Å²) in [6, 6.07) is 14.3. The van der Waals surface area contributed by atoms with Gasteiger partial charge in [0.1, 0.15) is 5.82 Å². The Morgan fingerprint density at radius 3 is 2.62 bits per heavy atom. The van der Waals surface area contributed by atoms with E-state index in [9.17, 15) is 4.79 Å². The molecule has 0 saturated carbocycles. The second kappa shape index (κ2) is 5.48. The Morgan fingerprint density at radius 2 is 1.88 bits per heavy atom. The molecule has 122 valence electrons. The summed E-state index contributed by atoms with van der Waals surface area (Å²) in [6.45, 7) is 4.87. The highest BCUT2D eigenvalue weighted by atomic mass is 16.2. The lowest BCUT2D eigenvalue weighted by Crippen LogP contribution is -2.24. The first-order chi connectivity index (χ1) is 11.5. The fourth-order valence-corrected chi connectivity index (χ4v) is 3.55. The predicted molar refractivity (Wildman–Crippen MR) is 96.3 cm³/mol. The number of amides is 1. The van der Waals surface area contributed by atoms with Gasteiger partial charge in [0.15, 0.2) is 0 Å². The molecule has 2 aromatic carbocycles. The van der Waals surface area contributed by atoms with Crippen LogP contribution in [0.3, 0.4) is 0 Å². The minimum Gasteiger partial charge on any atom is -0.331 e. The Bertz CT molecular complexity index is 941. The summed E-state index contributed by atoms with van der Waals surface area (Å²) in [6.07, 6.45) is 0.518. The number of nitrogens with zero attached hydrogens (tertiary/aromatic N) is 3. The van der Waals surface area contributed by atoms with Gasteiger partial charge in [0.25, 0.3) is 0 Å². The van der Waals surface area contributed by atoms with Gasteiger partial charge in [-0.25, -0.2) is 4.98 Å². The van der Waals surface area contributed by atoms with Crippen LogP contribution in [0.5, 0.6) is 0 Å². The van der Waals surface area contributed by atoms with E-state index in [-0.39, 0.29) is 11.8 Å². The van der Waals surface area contributed by atoms with Crippen LogP contribution in [0.4, 0.5) is 5.69 Å². The van der Waals surface area contributed by atoms with E-state index in [4.69, 9.17) is 4.98 Å². The average Bonchev–Trinajstić information content (AvgIpc) is 3.11. The van der Waals surface area contributed by atoms with Crippen LogP contribution in [-0.2, 0) is 11.8 Å². The van der Waals surface area contributed by atoms with Gasteiger partial charge in [-0.15, -0.1) is 0 Å². The Hall–Kier alpha value is -2.62. The third kappa shape index (κ3) is 2.30. The molecule has 0 bridgehead atoms. The van der Waals surface area contributed by atoms with Crippen molar-refractivity contribution in [1.82, 2.24) is 9.55 Å². The van der Waals surface area contributed by atoms with E-state index in [1.807, 2.05) is 36.2 Å². The maximum absolute atomic E-state index is 12.6. The summed E-state index contributed by atoms with van der Waals surface area (Å²) in [5, 5.41) is 0. The van der Waals surface area contributed by atoms with E-state index >= 15 is 0 Å². The number of aryl methyl sites for hydroxylation is 3. The molecule has 0 N–H and O–H groups in total. The normalized spacial score (nSPS) is 17.9. The number of benzene rings is 2. The summed E-state index contributed by atoms with van der Waals surface area (Å²) in [5.41, 5.74) is 5.56. The summed E-state index contributed by atoms with van der Waals surface area (Å²) >= 11 is 0. The first-order valence-electron chi connectivity index (χ1n) is 8.33. The molecule has 2 heterocycles. The molecular formula is C20H21N3O. The third-order valence-corrected chi connectivity index (χ3v) is 5.11. The Kier molecular flexibility index (Phi) is 3.41. The SMILES string of the molecule is Cc1ccc(N2C[C@H](c3nc4ccccc4n3C)CC2=O)cc1C. The molecule has 1 atom stereocenters. The van der Waals surface area contributed by atoms with Crippen LogP contribution in [0.2, 0.25) is 0 Å². The van der Waals surface area contributed by atoms with E-state index in [1.54, 1.807) is 0 Å². The van der Waals surface area contributed by atoms with Crippen molar-refractivity contribution in [2.45, 2.75) is 26.2 Å². The largest absolute Gasteiger partial charge is 0.331 e. The zero-order valence-electron chi connectivity index (χ0n) is 14.3. The van der Waals surface area contributed by atoms with Crippen molar-refractivity contribution in [2.24, 2.45) is 7.05 Å². The van der Waals surface area contributed by atoms with Crippen molar-refractivity contribution in [2.75, 3.05) is 11.4 Å². The minimum atomic E-state index is 0.136. The number of fused-ring (bicyclic) bond motifs is 1. The molecule has 0 unspecified atom stereocenters. The molecule has 1 fully saturated rings. The predicted octanol–water partition coefficient (Wildman–Crippen LogP) is 3.71. The maximum Gasteiger partial charge on any atom is 0.227 e. The molecule has 3 aromatic rings. The van der Waals surface area contributed by atoms with Crippen LogP contribution in [0, 0.1) is 13.8 Å². The molecule has 0 spiro atoms. The molecule has 1 aliphatic rings. The van der Waals surface area contributed by atoms with Crippen molar-refractivity contribution >= 4 is 22.6 Å². The highest BCUT2D eigenvalue weighted by molar-refractivity contribution is 5.96. The van der Waals surface area contributed by atoms with Crippen LogP contribution in [0.15, 0.2) is 42.5 Å². The van der Waals surface area contributed by atoms with Crippen molar-refractivity contribution < 1.29 is 4.79 Å². The number of imidazole rings is 1. The molecule has 1 aliphatic heterocycles. The van der Waals surface area contributed by atoms with Crippen LogP contribution in [-0.4, -0.2) is 22.0 Å². The topological polar surface area (TPSA) is 38.1 Å². The molecule has 24 heavy (non-hydrogen) atoms. The van der Waals surface area contributed by atoms with Gasteiger partial charge in [-0.2, -0.15) is 0 Å². The number of hydrogen-bond acceptors (Lipinski definition) is 2. The number of hydrogen-bond donors (Lipinski definition) is 0. The van der Waals surface area contributed by atoms with Crippen molar-refractivity contribution in [3.8, 4) is 0 Å². The van der Waals surface area contributed by atoms with E-state index in [0.717, 1.165) is 22.5 Å². The number of carbonyl (C=O) groups is 1. The number of para-hydroxylation sites is 2. The van der Waals surface area contributed by atoms with Crippen molar-refractivity contribution in [3.63, 3.8) is 0 Å². The van der Waals surface area contributed by atoms with Gasteiger partial charge in [0, 0.05) is 31.6 Å². The Balaban J connectivity index is 1.68. The molecule has 1 aromatic heterocycles. The molecule has 4 heteroatoms. The van der Waals surface area contributed by atoms with Crippen LogP contribution < -0.4 is 4.90 Å². The lowest BCUT2D eigenvalue weighted by molar-refractivity contribution is -0.117. The fourth-order valence-electron chi connectivity index (χ4n) is 3.55. The van der Waals surface area contributed by atoms with E-state index in [1.165, 1.54) is 11.1 Å². The maximum atomic E-state index is 12.6. The second-order valence-electron chi connectivity index (χ2n) is 6.69. The van der Waals surface area contributed by atoms with E-state index in [0.29, 0.717) is 13.0 Å². The van der Waals surface area contributed by atoms with Gasteiger partial charge in [0.2, 0.25) is 5.91 Å². The summed E-state index contributed by atoms with van der Waals surface area (Å²) in [4.78, 5) is 19.2. The third-order valence-electron chi connectivity index (χ3n) is 5.11. The fraction of sp³-hybridized carbons (Fsp3) is 0.300. The molecule has 0 aliphatic carbocycles. The second-order valence-corrected chi connectivity index (χ2v) is 6.69. The van der Waals surface area contributed by atoms with Crippen LogP contribution in [0.1, 0.15) is 29.3 Å². The summed E-state index contributed by atoms with van der Waals surface area (Å²) in [5.74, 6) is 1.31. The highest BCUT2D eigenvalue weighted by Crippen LogP contribution is 2.33. The van der Waals surface area contributed by atoms with Crippen LogP contribution >= 0.6 is 0 Å². The molecule has 4 rings (SSSR count). The van der Waals surface area contributed by atoms with Gasteiger partial charge in [-0.05, 0) is 49.2 Å². The van der Waals surface area contributed by atoms with Crippen molar-refractivity contribution in [3.05, 3.63) is 59.4 Å². The first-order valence-corrected chi connectivity index (χ1v) is 8.33. The average molecular weight is 319 g/mol. The lowest BCUT2D eigenvalue weighted by atomic mass is 10.1. The van der Waals surface area contributed by atoms with Gasteiger partial charge in [0.05, 0.1) is 11.0 Å². The Morgan fingerprint density at radius 1 is 1.08 bits per heavy atom. The van der Waals surface area contributed by atoms with Crippen LogP contribution in [0.25, 0.3) is 11.0 Å². The number of aromatic nitrogens is 2. The number of anilines is 1. The van der Waals surface area contributed by atoms with Crippen molar-refractivity contribution in [1.29, 1.82) is 0 Å². The zero-order chi connectivity index (χ0) is 16.8. The summed E-state index contributed by atoms with van der Waals surface area (Å²) < 4.78 is 2.12. The highest BCUT2D eigenvalue weighted by Gasteiger charge is 2.34.